The van der Waals surface area contributed by atoms with E-state index < -0.39 is 0 Å². The second-order valence-electron chi connectivity index (χ2n) is 7.68. The molecule has 116 valence electrons. The lowest BCUT2D eigenvalue weighted by Crippen LogP contribution is -2.67. The van der Waals surface area contributed by atoms with Crippen molar-refractivity contribution < 1.29 is 0 Å². The fourth-order valence-corrected chi connectivity index (χ4v) is 4.18. The van der Waals surface area contributed by atoms with Gasteiger partial charge in [0.1, 0.15) is 0 Å². The van der Waals surface area contributed by atoms with Crippen molar-refractivity contribution in [2.75, 3.05) is 19.6 Å². The van der Waals surface area contributed by atoms with Gasteiger partial charge in [0.2, 0.25) is 0 Å². The van der Waals surface area contributed by atoms with E-state index in [1.807, 2.05) is 0 Å². The van der Waals surface area contributed by atoms with Gasteiger partial charge in [-0.15, -0.1) is 0 Å². The molecule has 0 bridgehead atoms. The summed E-state index contributed by atoms with van der Waals surface area (Å²) < 4.78 is 0. The number of nitrogens with one attached hydrogen (secondary N) is 1. The Morgan fingerprint density at radius 2 is 1.81 bits per heavy atom. The molecular formula is C19H30N2. The fourth-order valence-electron chi connectivity index (χ4n) is 4.18. The summed E-state index contributed by atoms with van der Waals surface area (Å²) >= 11 is 0. The van der Waals surface area contributed by atoms with Gasteiger partial charge in [-0.2, -0.15) is 0 Å². The molecule has 0 atom stereocenters. The van der Waals surface area contributed by atoms with Gasteiger partial charge in [-0.05, 0) is 51.6 Å². The summed E-state index contributed by atoms with van der Waals surface area (Å²) in [6.07, 6.45) is 8.10. The molecule has 1 saturated carbocycles. The second-order valence-corrected chi connectivity index (χ2v) is 7.68. The smallest absolute Gasteiger partial charge is 0.0334 e. The third-order valence-electron chi connectivity index (χ3n) is 5.42. The predicted octanol–water partition coefficient (Wildman–Crippen LogP) is 3.62. The zero-order valence-corrected chi connectivity index (χ0v) is 13.7. The summed E-state index contributed by atoms with van der Waals surface area (Å²) in [6.45, 7) is 8.32. The molecule has 2 heteroatoms. The fraction of sp³-hybridized carbons (Fsp3) is 0.684. The normalized spacial score (nSPS) is 24.5. The van der Waals surface area contributed by atoms with Crippen LogP contribution in [0.1, 0.15) is 51.5 Å². The first-order valence-corrected chi connectivity index (χ1v) is 8.64. The summed E-state index contributed by atoms with van der Waals surface area (Å²) in [5.41, 5.74) is 2.21. The van der Waals surface area contributed by atoms with Crippen LogP contribution in [0, 0.1) is 0 Å². The lowest BCUT2D eigenvalue weighted by Gasteiger charge is -2.51. The standard InChI is InChI=1S/C19H30N2/c1-18(2)16-21(19(15-20-18)12-6-7-13-19)14-8-11-17-9-4-3-5-10-17/h3-5,9-10,20H,6-8,11-16H2,1-2H3. The Kier molecular flexibility index (Phi) is 4.37. The third kappa shape index (κ3) is 3.49. The van der Waals surface area contributed by atoms with Gasteiger partial charge >= 0.3 is 0 Å². The summed E-state index contributed by atoms with van der Waals surface area (Å²) in [5.74, 6) is 0. The molecule has 0 amide bonds. The van der Waals surface area contributed by atoms with Gasteiger partial charge in [-0.1, -0.05) is 43.2 Å². The molecule has 2 nitrogen and oxygen atoms in total. The van der Waals surface area contributed by atoms with Crippen molar-refractivity contribution in [2.45, 2.75) is 63.5 Å². The highest BCUT2D eigenvalue weighted by Crippen LogP contribution is 2.38. The Labute approximate surface area is 129 Å². The number of hydrogen-bond donors (Lipinski definition) is 1. The summed E-state index contributed by atoms with van der Waals surface area (Å²) in [5, 5.41) is 3.79. The lowest BCUT2D eigenvalue weighted by molar-refractivity contribution is 0.0182. The molecule has 1 aromatic rings. The van der Waals surface area contributed by atoms with Crippen LogP contribution in [-0.2, 0) is 6.42 Å². The van der Waals surface area contributed by atoms with Crippen LogP contribution in [0.25, 0.3) is 0 Å². The molecule has 2 aliphatic rings. The Bertz CT molecular complexity index is 446. The molecule has 1 N–H and O–H groups in total. The topological polar surface area (TPSA) is 15.3 Å². The first-order chi connectivity index (χ1) is 10.1. The average Bonchev–Trinajstić information content (AvgIpc) is 2.94. The lowest BCUT2D eigenvalue weighted by atomic mass is 9.86. The van der Waals surface area contributed by atoms with Crippen molar-refractivity contribution in [1.82, 2.24) is 10.2 Å². The van der Waals surface area contributed by atoms with Crippen molar-refractivity contribution in [1.29, 1.82) is 0 Å². The quantitative estimate of drug-likeness (QED) is 0.909. The monoisotopic (exact) mass is 286 g/mol. The van der Waals surface area contributed by atoms with Gasteiger partial charge < -0.3 is 5.32 Å². The molecule has 21 heavy (non-hydrogen) atoms. The highest BCUT2D eigenvalue weighted by Gasteiger charge is 2.45. The highest BCUT2D eigenvalue weighted by atomic mass is 15.3. The van der Waals surface area contributed by atoms with E-state index in [9.17, 15) is 0 Å². The van der Waals surface area contributed by atoms with Crippen LogP contribution in [0.5, 0.6) is 0 Å². The van der Waals surface area contributed by atoms with Crippen LogP contribution in [0.3, 0.4) is 0 Å². The van der Waals surface area contributed by atoms with Crippen LogP contribution >= 0.6 is 0 Å². The molecule has 1 aliphatic carbocycles. The van der Waals surface area contributed by atoms with Gasteiger partial charge in [-0.25, -0.2) is 0 Å². The van der Waals surface area contributed by atoms with Gasteiger partial charge in [-0.3, -0.25) is 4.90 Å². The van der Waals surface area contributed by atoms with Gasteiger partial charge in [0.15, 0.2) is 0 Å². The van der Waals surface area contributed by atoms with Crippen molar-refractivity contribution in [3.63, 3.8) is 0 Å². The highest BCUT2D eigenvalue weighted by molar-refractivity contribution is 5.14. The molecule has 0 radical (unpaired) electrons. The Morgan fingerprint density at radius 3 is 2.52 bits per heavy atom. The molecular weight excluding hydrogens is 256 g/mol. The van der Waals surface area contributed by atoms with E-state index in [2.05, 4.69) is 54.4 Å². The van der Waals surface area contributed by atoms with E-state index in [4.69, 9.17) is 0 Å². The summed E-state index contributed by atoms with van der Waals surface area (Å²) in [7, 11) is 0. The first-order valence-electron chi connectivity index (χ1n) is 8.64. The average molecular weight is 286 g/mol. The Balaban J connectivity index is 1.60. The van der Waals surface area contributed by atoms with E-state index in [0.717, 1.165) is 0 Å². The second kappa shape index (κ2) is 6.10. The molecule has 1 heterocycles. The maximum absolute atomic E-state index is 3.79. The SMILES string of the molecule is CC1(C)CN(CCCc2ccccc2)C2(CCCC2)CN1. The van der Waals surface area contributed by atoms with E-state index in [0.29, 0.717) is 5.54 Å². The van der Waals surface area contributed by atoms with Crippen LogP contribution in [0.2, 0.25) is 0 Å². The van der Waals surface area contributed by atoms with Crippen molar-refractivity contribution in [2.24, 2.45) is 0 Å². The number of aryl methyl sites for hydroxylation is 1. The summed E-state index contributed by atoms with van der Waals surface area (Å²) in [4.78, 5) is 2.82. The molecule has 1 aliphatic heterocycles. The Hall–Kier alpha value is -0.860. The maximum atomic E-state index is 3.79. The zero-order chi connectivity index (χ0) is 14.8. The van der Waals surface area contributed by atoms with E-state index in [-0.39, 0.29) is 5.54 Å². The van der Waals surface area contributed by atoms with Crippen molar-refractivity contribution in [3.05, 3.63) is 35.9 Å². The van der Waals surface area contributed by atoms with Crippen LogP contribution in [-0.4, -0.2) is 35.6 Å². The maximum Gasteiger partial charge on any atom is 0.0334 e. The van der Waals surface area contributed by atoms with Crippen LogP contribution in [0.4, 0.5) is 0 Å². The van der Waals surface area contributed by atoms with Gasteiger partial charge in [0, 0.05) is 24.2 Å². The minimum Gasteiger partial charge on any atom is -0.309 e. The number of piperazine rings is 1. The molecule has 2 fully saturated rings. The zero-order valence-electron chi connectivity index (χ0n) is 13.7. The number of benzene rings is 1. The Morgan fingerprint density at radius 1 is 1.10 bits per heavy atom. The molecule has 1 aromatic carbocycles. The van der Waals surface area contributed by atoms with E-state index >= 15 is 0 Å². The molecule has 0 unspecified atom stereocenters. The minimum atomic E-state index is 0.264. The van der Waals surface area contributed by atoms with Crippen molar-refractivity contribution in [3.8, 4) is 0 Å². The number of nitrogens with zero attached hydrogens (tertiary/aromatic N) is 1. The van der Waals surface area contributed by atoms with E-state index in [1.165, 1.54) is 63.7 Å². The third-order valence-corrected chi connectivity index (χ3v) is 5.42. The first kappa shape index (κ1) is 15.1. The number of hydrogen-bond acceptors (Lipinski definition) is 2. The molecule has 1 spiro atoms. The molecule has 0 aromatic heterocycles. The summed E-state index contributed by atoms with van der Waals surface area (Å²) in [6, 6.07) is 10.9. The van der Waals surface area contributed by atoms with Gasteiger partial charge in [0.25, 0.3) is 0 Å². The molecule has 3 rings (SSSR count). The minimum absolute atomic E-state index is 0.264. The van der Waals surface area contributed by atoms with Crippen molar-refractivity contribution >= 4 is 0 Å². The van der Waals surface area contributed by atoms with Gasteiger partial charge in [0.05, 0.1) is 0 Å². The predicted molar refractivity (Wildman–Crippen MR) is 89.6 cm³/mol. The number of rotatable bonds is 4. The molecule has 1 saturated heterocycles. The van der Waals surface area contributed by atoms with E-state index in [1.54, 1.807) is 0 Å². The van der Waals surface area contributed by atoms with Crippen LogP contribution < -0.4 is 5.32 Å². The van der Waals surface area contributed by atoms with Crippen LogP contribution in [0.15, 0.2) is 30.3 Å². The largest absolute Gasteiger partial charge is 0.309 e.